The van der Waals surface area contributed by atoms with Gasteiger partial charge in [-0.05, 0) is 36.6 Å². The second-order valence-electron chi connectivity index (χ2n) is 4.53. The van der Waals surface area contributed by atoms with Crippen molar-refractivity contribution >= 4 is 11.4 Å². The highest BCUT2D eigenvalue weighted by atomic mass is 16.6. The Balaban J connectivity index is 2.15. The van der Waals surface area contributed by atoms with Crippen LogP contribution in [-0.2, 0) is 6.54 Å². The Morgan fingerprint density at radius 1 is 1.11 bits per heavy atom. The average molecular weight is 256 g/mol. The van der Waals surface area contributed by atoms with E-state index in [1.54, 1.807) is 12.1 Å². The van der Waals surface area contributed by atoms with Crippen molar-refractivity contribution in [1.82, 2.24) is 0 Å². The lowest BCUT2D eigenvalue weighted by atomic mass is 10.0. The predicted molar refractivity (Wildman–Crippen MR) is 76.3 cm³/mol. The minimum absolute atomic E-state index is 0.103. The smallest absolute Gasteiger partial charge is 0.271 e. The van der Waals surface area contributed by atoms with Crippen molar-refractivity contribution in [2.24, 2.45) is 0 Å². The highest BCUT2D eigenvalue weighted by Gasteiger charge is 2.06. The Hall–Kier alpha value is -2.36. The van der Waals surface area contributed by atoms with Gasteiger partial charge < -0.3 is 5.32 Å². The molecule has 0 aliphatic heterocycles. The van der Waals surface area contributed by atoms with Crippen molar-refractivity contribution in [1.29, 1.82) is 0 Å². The minimum Gasteiger partial charge on any atom is -0.381 e. The number of nitrogens with one attached hydrogen (secondary N) is 1. The molecule has 4 heteroatoms. The van der Waals surface area contributed by atoms with Crippen molar-refractivity contribution in [2.75, 3.05) is 5.32 Å². The fourth-order valence-electron chi connectivity index (χ4n) is 2.05. The zero-order chi connectivity index (χ0) is 13.8. The lowest BCUT2D eigenvalue weighted by molar-refractivity contribution is -0.384. The number of rotatable bonds is 4. The first-order valence-electron chi connectivity index (χ1n) is 6.11. The molecule has 98 valence electrons. The van der Waals surface area contributed by atoms with Gasteiger partial charge in [-0.3, -0.25) is 10.1 Å². The molecule has 0 aliphatic carbocycles. The summed E-state index contributed by atoms with van der Waals surface area (Å²) in [6.45, 7) is 4.80. The molecule has 0 heterocycles. The number of nitro groups is 1. The highest BCUT2D eigenvalue weighted by Crippen LogP contribution is 2.19. The van der Waals surface area contributed by atoms with Crippen LogP contribution in [-0.4, -0.2) is 4.92 Å². The molecule has 0 saturated heterocycles. The van der Waals surface area contributed by atoms with Crippen molar-refractivity contribution in [3.8, 4) is 0 Å². The van der Waals surface area contributed by atoms with Gasteiger partial charge in [0.15, 0.2) is 0 Å². The molecule has 0 amide bonds. The quantitative estimate of drug-likeness (QED) is 0.668. The molecule has 0 aromatic heterocycles. The first-order chi connectivity index (χ1) is 9.08. The topological polar surface area (TPSA) is 55.2 Å². The monoisotopic (exact) mass is 256 g/mol. The Morgan fingerprint density at radius 2 is 1.74 bits per heavy atom. The number of nitro benzene ring substituents is 1. The van der Waals surface area contributed by atoms with E-state index in [2.05, 4.69) is 31.3 Å². The summed E-state index contributed by atoms with van der Waals surface area (Å²) < 4.78 is 0. The minimum atomic E-state index is -0.385. The van der Waals surface area contributed by atoms with Crippen LogP contribution in [0.3, 0.4) is 0 Å². The molecule has 0 bridgehead atoms. The van der Waals surface area contributed by atoms with Crippen LogP contribution in [0.2, 0.25) is 0 Å². The van der Waals surface area contributed by atoms with Crippen LogP contribution >= 0.6 is 0 Å². The van der Waals surface area contributed by atoms with Gasteiger partial charge in [0.05, 0.1) is 4.92 Å². The van der Waals surface area contributed by atoms with Crippen LogP contribution in [0.25, 0.3) is 0 Å². The van der Waals surface area contributed by atoms with E-state index in [-0.39, 0.29) is 10.6 Å². The number of anilines is 1. The summed E-state index contributed by atoms with van der Waals surface area (Å²) in [7, 11) is 0. The lowest BCUT2D eigenvalue weighted by Crippen LogP contribution is -2.03. The van der Waals surface area contributed by atoms with Gasteiger partial charge in [0.25, 0.3) is 5.69 Å². The van der Waals surface area contributed by atoms with Crippen LogP contribution < -0.4 is 5.32 Å². The zero-order valence-electron chi connectivity index (χ0n) is 11.0. The molecule has 0 spiro atoms. The van der Waals surface area contributed by atoms with Crippen molar-refractivity contribution in [3.63, 3.8) is 0 Å². The van der Waals surface area contributed by atoms with Gasteiger partial charge in [0.1, 0.15) is 0 Å². The number of non-ortho nitro benzene ring substituents is 1. The van der Waals surface area contributed by atoms with Crippen molar-refractivity contribution in [3.05, 3.63) is 69.3 Å². The average Bonchev–Trinajstić information content (AvgIpc) is 2.38. The van der Waals surface area contributed by atoms with Gasteiger partial charge in [-0.15, -0.1) is 0 Å². The maximum absolute atomic E-state index is 10.7. The number of aryl methyl sites for hydroxylation is 2. The van der Waals surface area contributed by atoms with Crippen molar-refractivity contribution in [2.45, 2.75) is 20.4 Å². The van der Waals surface area contributed by atoms with Crippen LogP contribution in [0, 0.1) is 24.0 Å². The fraction of sp³-hybridized carbons (Fsp3) is 0.200. The van der Waals surface area contributed by atoms with E-state index < -0.39 is 0 Å². The third kappa shape index (κ3) is 3.10. The standard InChI is InChI=1S/C15H16N2O2/c1-11-5-3-6-12(2)15(11)10-16-13-7-4-8-14(9-13)17(18)19/h3-9,16H,10H2,1-2H3. The number of hydrogen-bond acceptors (Lipinski definition) is 3. The second-order valence-corrected chi connectivity index (χ2v) is 4.53. The van der Waals surface area contributed by atoms with Crippen LogP contribution in [0.15, 0.2) is 42.5 Å². The van der Waals surface area contributed by atoms with Gasteiger partial charge in [-0.1, -0.05) is 24.3 Å². The van der Waals surface area contributed by atoms with Crippen LogP contribution in [0.5, 0.6) is 0 Å². The van der Waals surface area contributed by atoms with Gasteiger partial charge in [0, 0.05) is 24.4 Å². The van der Waals surface area contributed by atoms with E-state index >= 15 is 0 Å². The Labute approximate surface area is 112 Å². The zero-order valence-corrected chi connectivity index (χ0v) is 11.0. The molecule has 1 N–H and O–H groups in total. The molecule has 0 fully saturated rings. The third-order valence-electron chi connectivity index (χ3n) is 3.17. The van der Waals surface area contributed by atoms with E-state index in [1.165, 1.54) is 22.8 Å². The molecular formula is C15H16N2O2. The predicted octanol–water partition coefficient (Wildman–Crippen LogP) is 3.82. The summed E-state index contributed by atoms with van der Waals surface area (Å²) in [6.07, 6.45) is 0. The number of nitrogens with zero attached hydrogens (tertiary/aromatic N) is 1. The van der Waals surface area contributed by atoms with Gasteiger partial charge in [-0.25, -0.2) is 0 Å². The van der Waals surface area contributed by atoms with Gasteiger partial charge in [0.2, 0.25) is 0 Å². The van der Waals surface area contributed by atoms with Crippen LogP contribution in [0.4, 0.5) is 11.4 Å². The Kier molecular flexibility index (Phi) is 3.80. The fourth-order valence-corrected chi connectivity index (χ4v) is 2.05. The van der Waals surface area contributed by atoms with E-state index in [0.29, 0.717) is 6.54 Å². The van der Waals surface area contributed by atoms with E-state index in [9.17, 15) is 10.1 Å². The molecule has 0 saturated carbocycles. The van der Waals surface area contributed by atoms with E-state index in [4.69, 9.17) is 0 Å². The van der Waals surface area contributed by atoms with Gasteiger partial charge >= 0.3 is 0 Å². The van der Waals surface area contributed by atoms with E-state index in [0.717, 1.165) is 5.69 Å². The Morgan fingerprint density at radius 3 is 2.37 bits per heavy atom. The molecule has 0 unspecified atom stereocenters. The largest absolute Gasteiger partial charge is 0.381 e. The lowest BCUT2D eigenvalue weighted by Gasteiger charge is -2.11. The Bertz CT molecular complexity index is 589. The summed E-state index contributed by atoms with van der Waals surface area (Å²) in [4.78, 5) is 10.3. The highest BCUT2D eigenvalue weighted by molar-refractivity contribution is 5.51. The third-order valence-corrected chi connectivity index (χ3v) is 3.17. The maximum Gasteiger partial charge on any atom is 0.271 e. The summed E-state index contributed by atoms with van der Waals surface area (Å²) in [5, 5.41) is 13.9. The molecule has 2 rings (SSSR count). The molecule has 0 radical (unpaired) electrons. The van der Waals surface area contributed by atoms with Gasteiger partial charge in [-0.2, -0.15) is 0 Å². The van der Waals surface area contributed by atoms with Crippen LogP contribution in [0.1, 0.15) is 16.7 Å². The first kappa shape index (κ1) is 13.1. The second kappa shape index (κ2) is 5.52. The summed E-state index contributed by atoms with van der Waals surface area (Å²) in [6, 6.07) is 12.7. The maximum atomic E-state index is 10.7. The molecule has 19 heavy (non-hydrogen) atoms. The number of hydrogen-bond donors (Lipinski definition) is 1. The molecule has 0 atom stereocenters. The molecular weight excluding hydrogens is 240 g/mol. The summed E-state index contributed by atoms with van der Waals surface area (Å²) in [5.74, 6) is 0. The molecule has 4 nitrogen and oxygen atoms in total. The molecule has 0 aliphatic rings. The summed E-state index contributed by atoms with van der Waals surface area (Å²) >= 11 is 0. The molecule has 2 aromatic rings. The summed E-state index contributed by atoms with van der Waals surface area (Å²) in [5.41, 5.74) is 4.54. The van der Waals surface area contributed by atoms with Crippen molar-refractivity contribution < 1.29 is 4.92 Å². The first-order valence-corrected chi connectivity index (χ1v) is 6.11. The SMILES string of the molecule is Cc1cccc(C)c1CNc1cccc([N+](=O)[O-])c1. The van der Waals surface area contributed by atoms with E-state index in [1.807, 2.05) is 12.1 Å². The number of benzene rings is 2. The normalized spacial score (nSPS) is 10.2. The molecule has 2 aromatic carbocycles.